The molecule has 0 aliphatic heterocycles. The van der Waals surface area contributed by atoms with Crippen molar-refractivity contribution in [3.05, 3.63) is 77.0 Å². The summed E-state index contributed by atoms with van der Waals surface area (Å²) in [5.74, 6) is -1.73. The SMILES string of the molecule is CCc1nc2ccccc2c(C)c1C(=O)OCC(=O)NNC(=O)c1ccccc1. The summed E-state index contributed by atoms with van der Waals surface area (Å²) in [5.41, 5.74) is 7.45. The van der Waals surface area contributed by atoms with Gasteiger partial charge in [0.2, 0.25) is 0 Å². The number of aromatic nitrogens is 1. The van der Waals surface area contributed by atoms with Crippen LogP contribution >= 0.6 is 0 Å². The van der Waals surface area contributed by atoms with Crippen molar-refractivity contribution >= 4 is 28.7 Å². The maximum atomic E-state index is 12.6. The molecule has 3 rings (SSSR count). The van der Waals surface area contributed by atoms with Crippen molar-refractivity contribution in [2.24, 2.45) is 0 Å². The van der Waals surface area contributed by atoms with Gasteiger partial charge in [-0.1, -0.05) is 43.3 Å². The molecule has 3 aromatic rings. The first-order chi connectivity index (χ1) is 14.0. The number of nitrogens with one attached hydrogen (secondary N) is 2. The minimum absolute atomic E-state index is 0.368. The minimum atomic E-state index is -0.646. The zero-order chi connectivity index (χ0) is 20.8. The minimum Gasteiger partial charge on any atom is -0.452 e. The van der Waals surface area contributed by atoms with Crippen LogP contribution in [0, 0.1) is 6.92 Å². The zero-order valence-electron chi connectivity index (χ0n) is 16.2. The van der Waals surface area contributed by atoms with Gasteiger partial charge >= 0.3 is 5.97 Å². The van der Waals surface area contributed by atoms with E-state index in [0.717, 1.165) is 16.5 Å². The Morgan fingerprint density at radius 3 is 2.38 bits per heavy atom. The summed E-state index contributed by atoms with van der Waals surface area (Å²) in [6, 6.07) is 16.0. The van der Waals surface area contributed by atoms with Crippen molar-refractivity contribution in [1.82, 2.24) is 15.8 Å². The molecule has 1 aromatic heterocycles. The fourth-order valence-corrected chi connectivity index (χ4v) is 2.99. The summed E-state index contributed by atoms with van der Waals surface area (Å²) >= 11 is 0. The van der Waals surface area contributed by atoms with Gasteiger partial charge in [0, 0.05) is 10.9 Å². The number of nitrogens with zero attached hydrogens (tertiary/aromatic N) is 1. The monoisotopic (exact) mass is 391 g/mol. The first-order valence-electron chi connectivity index (χ1n) is 9.20. The topological polar surface area (TPSA) is 97.4 Å². The molecule has 0 radical (unpaired) electrons. The van der Waals surface area contributed by atoms with E-state index < -0.39 is 24.4 Å². The third-order valence-corrected chi connectivity index (χ3v) is 4.45. The van der Waals surface area contributed by atoms with Gasteiger partial charge in [0.1, 0.15) is 0 Å². The Bertz CT molecular complexity index is 1060. The molecule has 0 bridgehead atoms. The fourth-order valence-electron chi connectivity index (χ4n) is 2.99. The Morgan fingerprint density at radius 1 is 0.966 bits per heavy atom. The molecule has 0 spiro atoms. The molecule has 0 fully saturated rings. The number of esters is 1. The standard InChI is InChI=1S/C22H21N3O4/c1-3-17-20(14(2)16-11-7-8-12-18(16)23-17)22(28)29-13-19(26)24-25-21(27)15-9-5-4-6-10-15/h4-12H,3,13H2,1-2H3,(H,24,26)(H,25,27). The number of hydrazine groups is 1. The Hall–Kier alpha value is -3.74. The molecule has 0 aliphatic carbocycles. The van der Waals surface area contributed by atoms with Crippen LogP contribution in [0.15, 0.2) is 54.6 Å². The van der Waals surface area contributed by atoms with E-state index in [2.05, 4.69) is 15.8 Å². The van der Waals surface area contributed by atoms with Crippen molar-refractivity contribution in [3.63, 3.8) is 0 Å². The van der Waals surface area contributed by atoms with Gasteiger partial charge in [0.05, 0.1) is 16.8 Å². The number of hydrogen-bond donors (Lipinski definition) is 2. The predicted molar refractivity (Wildman–Crippen MR) is 108 cm³/mol. The smallest absolute Gasteiger partial charge is 0.340 e. The van der Waals surface area contributed by atoms with Crippen LogP contribution in [0.3, 0.4) is 0 Å². The van der Waals surface area contributed by atoms with Crippen LogP contribution in [0.1, 0.15) is 38.9 Å². The second-order valence-corrected chi connectivity index (χ2v) is 6.37. The lowest BCUT2D eigenvalue weighted by Crippen LogP contribution is -2.43. The summed E-state index contributed by atoms with van der Waals surface area (Å²) < 4.78 is 5.16. The molecular weight excluding hydrogens is 370 g/mol. The average molecular weight is 391 g/mol. The molecule has 7 heteroatoms. The highest BCUT2D eigenvalue weighted by Gasteiger charge is 2.20. The number of carbonyl (C=O) groups is 3. The van der Waals surface area contributed by atoms with Crippen LogP contribution in [0.5, 0.6) is 0 Å². The third kappa shape index (κ3) is 4.57. The number of pyridine rings is 1. The van der Waals surface area contributed by atoms with Crippen LogP contribution in [-0.2, 0) is 16.0 Å². The lowest BCUT2D eigenvalue weighted by atomic mass is 10.0. The number of amides is 2. The molecule has 1 heterocycles. The van der Waals surface area contributed by atoms with Crippen LogP contribution in [0.2, 0.25) is 0 Å². The van der Waals surface area contributed by atoms with E-state index >= 15 is 0 Å². The predicted octanol–water partition coefficient (Wildman–Crippen LogP) is 2.72. The third-order valence-electron chi connectivity index (χ3n) is 4.45. The largest absolute Gasteiger partial charge is 0.452 e. The number of benzene rings is 2. The van der Waals surface area contributed by atoms with Gasteiger partial charge in [0.15, 0.2) is 6.61 Å². The van der Waals surface area contributed by atoms with E-state index in [4.69, 9.17) is 4.74 Å². The molecule has 0 saturated heterocycles. The molecule has 2 aromatic carbocycles. The Morgan fingerprint density at radius 2 is 1.66 bits per heavy atom. The molecule has 0 saturated carbocycles. The summed E-state index contributed by atoms with van der Waals surface area (Å²) in [6.07, 6.45) is 0.551. The van der Waals surface area contributed by atoms with Crippen LogP contribution in [0.25, 0.3) is 10.9 Å². The van der Waals surface area contributed by atoms with Gasteiger partial charge in [-0.25, -0.2) is 4.79 Å². The molecule has 0 atom stereocenters. The summed E-state index contributed by atoms with van der Waals surface area (Å²) in [4.78, 5) is 41.0. The molecule has 29 heavy (non-hydrogen) atoms. The lowest BCUT2D eigenvalue weighted by Gasteiger charge is -2.13. The molecule has 2 N–H and O–H groups in total. The second kappa shape index (κ2) is 8.97. The number of aryl methyl sites for hydroxylation is 2. The molecular formula is C22H21N3O4. The summed E-state index contributed by atoms with van der Waals surface area (Å²) in [5, 5.41) is 0.858. The van der Waals surface area contributed by atoms with Gasteiger partial charge in [-0.05, 0) is 37.1 Å². The van der Waals surface area contributed by atoms with Crippen LogP contribution in [-0.4, -0.2) is 29.4 Å². The Labute approximate surface area is 168 Å². The van der Waals surface area contributed by atoms with Gasteiger partial charge in [-0.15, -0.1) is 0 Å². The number of para-hydroxylation sites is 1. The first-order valence-corrected chi connectivity index (χ1v) is 9.20. The fraction of sp³-hybridized carbons (Fsp3) is 0.182. The first kappa shape index (κ1) is 20.0. The highest BCUT2D eigenvalue weighted by atomic mass is 16.5. The van der Waals surface area contributed by atoms with Gasteiger partial charge < -0.3 is 4.74 Å². The van der Waals surface area contributed by atoms with E-state index in [1.165, 1.54) is 0 Å². The highest BCUT2D eigenvalue weighted by Crippen LogP contribution is 2.24. The quantitative estimate of drug-likeness (QED) is 0.515. The van der Waals surface area contributed by atoms with Crippen molar-refractivity contribution in [2.45, 2.75) is 20.3 Å². The zero-order valence-corrected chi connectivity index (χ0v) is 16.2. The van der Waals surface area contributed by atoms with E-state index in [0.29, 0.717) is 23.2 Å². The normalized spacial score (nSPS) is 10.4. The number of ether oxygens (including phenoxy) is 1. The van der Waals surface area contributed by atoms with E-state index in [-0.39, 0.29) is 0 Å². The second-order valence-electron chi connectivity index (χ2n) is 6.37. The van der Waals surface area contributed by atoms with Gasteiger partial charge in [-0.2, -0.15) is 0 Å². The van der Waals surface area contributed by atoms with Gasteiger partial charge in [-0.3, -0.25) is 25.4 Å². The van der Waals surface area contributed by atoms with Crippen LogP contribution in [0.4, 0.5) is 0 Å². The van der Waals surface area contributed by atoms with E-state index in [1.54, 1.807) is 30.3 Å². The molecule has 0 aliphatic rings. The number of fused-ring (bicyclic) bond motifs is 1. The van der Waals surface area contributed by atoms with Crippen molar-refractivity contribution in [2.75, 3.05) is 6.61 Å². The number of carbonyl (C=O) groups excluding carboxylic acids is 3. The Kier molecular flexibility index (Phi) is 6.19. The number of rotatable bonds is 5. The Balaban J connectivity index is 1.64. The maximum Gasteiger partial charge on any atom is 0.340 e. The highest BCUT2D eigenvalue weighted by molar-refractivity contribution is 5.99. The maximum absolute atomic E-state index is 12.6. The van der Waals surface area contributed by atoms with Crippen molar-refractivity contribution in [3.8, 4) is 0 Å². The van der Waals surface area contributed by atoms with Gasteiger partial charge in [0.25, 0.3) is 11.8 Å². The average Bonchev–Trinajstić information content (AvgIpc) is 2.76. The molecule has 2 amide bonds. The van der Waals surface area contributed by atoms with E-state index in [9.17, 15) is 14.4 Å². The molecule has 148 valence electrons. The van der Waals surface area contributed by atoms with Crippen molar-refractivity contribution in [1.29, 1.82) is 0 Å². The molecule has 7 nitrogen and oxygen atoms in total. The number of hydrogen-bond acceptors (Lipinski definition) is 5. The summed E-state index contributed by atoms with van der Waals surface area (Å²) in [6.45, 7) is 3.21. The van der Waals surface area contributed by atoms with E-state index in [1.807, 2.05) is 38.1 Å². The lowest BCUT2D eigenvalue weighted by molar-refractivity contribution is -0.125. The van der Waals surface area contributed by atoms with Crippen LogP contribution < -0.4 is 10.9 Å². The van der Waals surface area contributed by atoms with Crippen molar-refractivity contribution < 1.29 is 19.1 Å². The summed E-state index contributed by atoms with van der Waals surface area (Å²) in [7, 11) is 0. The molecule has 0 unspecified atom stereocenters.